The van der Waals surface area contributed by atoms with Gasteiger partial charge in [-0.3, -0.25) is 4.79 Å². The molecule has 2 rings (SSSR count). The highest BCUT2D eigenvalue weighted by Gasteiger charge is 2.14. The van der Waals surface area contributed by atoms with Gasteiger partial charge >= 0.3 is 0 Å². The molecule has 0 aromatic heterocycles. The van der Waals surface area contributed by atoms with E-state index in [1.165, 1.54) is 30.3 Å². The summed E-state index contributed by atoms with van der Waals surface area (Å²) in [6.45, 7) is 2.08. The molecule has 0 unspecified atom stereocenters. The number of benzene rings is 2. The maximum Gasteiger partial charge on any atom is 0.257 e. The number of carbonyl (C=O) groups excluding carboxylic acids is 1. The number of rotatable bonds is 4. The van der Waals surface area contributed by atoms with Crippen molar-refractivity contribution in [2.75, 3.05) is 11.9 Å². The van der Waals surface area contributed by atoms with E-state index in [0.29, 0.717) is 16.8 Å². The van der Waals surface area contributed by atoms with E-state index in [-0.39, 0.29) is 11.3 Å². The number of nitrogens with one attached hydrogen (secondary N) is 1. The number of carbonyl (C=O) groups is 1. The maximum atomic E-state index is 13.2. The number of hydrogen-bond donors (Lipinski definition) is 1. The highest BCUT2D eigenvalue weighted by Crippen LogP contribution is 2.27. The van der Waals surface area contributed by atoms with Gasteiger partial charge in [-0.05, 0) is 53.2 Å². The van der Waals surface area contributed by atoms with Gasteiger partial charge in [-0.25, -0.2) is 8.78 Å². The van der Waals surface area contributed by atoms with Crippen LogP contribution >= 0.6 is 15.9 Å². The molecule has 0 saturated heterocycles. The smallest absolute Gasteiger partial charge is 0.257 e. The van der Waals surface area contributed by atoms with E-state index in [1.54, 1.807) is 6.92 Å². The minimum absolute atomic E-state index is 0.141. The van der Waals surface area contributed by atoms with Crippen molar-refractivity contribution < 1.29 is 18.3 Å². The van der Waals surface area contributed by atoms with E-state index in [2.05, 4.69) is 21.2 Å². The van der Waals surface area contributed by atoms with Crippen LogP contribution in [-0.2, 0) is 0 Å². The number of hydrogen-bond acceptors (Lipinski definition) is 2. The first kappa shape index (κ1) is 15.4. The monoisotopic (exact) mass is 355 g/mol. The molecule has 2 aromatic carbocycles. The predicted molar refractivity (Wildman–Crippen MR) is 79.6 cm³/mol. The summed E-state index contributed by atoms with van der Waals surface area (Å²) in [5.41, 5.74) is 0.459. The number of amides is 1. The Morgan fingerprint density at radius 3 is 2.57 bits per heavy atom. The second-order valence-electron chi connectivity index (χ2n) is 4.15. The Labute approximate surface area is 129 Å². The van der Waals surface area contributed by atoms with Crippen LogP contribution in [0.3, 0.4) is 0 Å². The summed E-state index contributed by atoms with van der Waals surface area (Å²) in [5.74, 6) is -1.29. The minimum Gasteiger partial charge on any atom is -0.492 e. The van der Waals surface area contributed by atoms with Crippen LogP contribution in [0.4, 0.5) is 14.5 Å². The van der Waals surface area contributed by atoms with Gasteiger partial charge in [-0.1, -0.05) is 0 Å². The molecule has 0 aliphatic heterocycles. The SMILES string of the molecule is CCOc1cc(F)ccc1NC(=O)c1cc(F)ccc1Br. The van der Waals surface area contributed by atoms with Crippen molar-refractivity contribution in [3.63, 3.8) is 0 Å². The third-order valence-electron chi connectivity index (χ3n) is 2.66. The normalized spacial score (nSPS) is 10.3. The molecular weight excluding hydrogens is 344 g/mol. The van der Waals surface area contributed by atoms with Crippen LogP contribution in [0.1, 0.15) is 17.3 Å². The van der Waals surface area contributed by atoms with Crippen LogP contribution in [0, 0.1) is 11.6 Å². The lowest BCUT2D eigenvalue weighted by Crippen LogP contribution is -2.14. The fourth-order valence-corrected chi connectivity index (χ4v) is 2.16. The van der Waals surface area contributed by atoms with Crippen molar-refractivity contribution in [1.29, 1.82) is 0 Å². The van der Waals surface area contributed by atoms with Crippen molar-refractivity contribution in [2.24, 2.45) is 0 Å². The topological polar surface area (TPSA) is 38.3 Å². The molecule has 1 amide bonds. The molecule has 21 heavy (non-hydrogen) atoms. The first-order valence-corrected chi connectivity index (χ1v) is 6.99. The van der Waals surface area contributed by atoms with Crippen molar-refractivity contribution in [2.45, 2.75) is 6.92 Å². The zero-order valence-electron chi connectivity index (χ0n) is 11.1. The van der Waals surface area contributed by atoms with Gasteiger partial charge in [-0.2, -0.15) is 0 Å². The van der Waals surface area contributed by atoms with Crippen molar-refractivity contribution >= 4 is 27.5 Å². The third kappa shape index (κ3) is 3.78. The number of ether oxygens (including phenoxy) is 1. The zero-order chi connectivity index (χ0) is 15.4. The predicted octanol–water partition coefficient (Wildman–Crippen LogP) is 4.38. The molecule has 0 bridgehead atoms. The molecule has 110 valence electrons. The molecule has 0 fully saturated rings. The Bertz CT molecular complexity index is 677. The fraction of sp³-hybridized carbons (Fsp3) is 0.133. The Balaban J connectivity index is 2.29. The summed E-state index contributed by atoms with van der Waals surface area (Å²) in [4.78, 5) is 12.2. The van der Waals surface area contributed by atoms with Gasteiger partial charge in [0.1, 0.15) is 17.4 Å². The Kier molecular flexibility index (Phi) is 4.90. The maximum absolute atomic E-state index is 13.2. The van der Waals surface area contributed by atoms with Crippen LogP contribution in [0.15, 0.2) is 40.9 Å². The lowest BCUT2D eigenvalue weighted by Gasteiger charge is -2.12. The number of halogens is 3. The first-order valence-electron chi connectivity index (χ1n) is 6.20. The summed E-state index contributed by atoms with van der Waals surface area (Å²) in [5, 5.41) is 2.58. The van der Waals surface area contributed by atoms with E-state index >= 15 is 0 Å². The Morgan fingerprint density at radius 2 is 1.86 bits per heavy atom. The largest absolute Gasteiger partial charge is 0.492 e. The molecule has 0 heterocycles. The fourth-order valence-electron chi connectivity index (χ4n) is 1.74. The van der Waals surface area contributed by atoms with E-state index < -0.39 is 17.5 Å². The van der Waals surface area contributed by atoms with Crippen LogP contribution < -0.4 is 10.1 Å². The molecule has 0 aliphatic rings. The van der Waals surface area contributed by atoms with E-state index in [0.717, 1.165) is 6.07 Å². The molecule has 0 atom stereocenters. The summed E-state index contributed by atoms with van der Waals surface area (Å²) in [7, 11) is 0. The molecule has 1 N–H and O–H groups in total. The zero-order valence-corrected chi connectivity index (χ0v) is 12.7. The van der Waals surface area contributed by atoms with E-state index in [1.807, 2.05) is 0 Å². The van der Waals surface area contributed by atoms with Gasteiger partial charge in [0, 0.05) is 10.5 Å². The lowest BCUT2D eigenvalue weighted by atomic mass is 10.2. The van der Waals surface area contributed by atoms with Crippen LogP contribution in [0.25, 0.3) is 0 Å². The molecule has 2 aromatic rings. The average molecular weight is 356 g/mol. The van der Waals surface area contributed by atoms with Gasteiger partial charge in [0.05, 0.1) is 17.9 Å². The average Bonchev–Trinajstić information content (AvgIpc) is 2.44. The van der Waals surface area contributed by atoms with Gasteiger partial charge in [-0.15, -0.1) is 0 Å². The first-order chi connectivity index (χ1) is 10.0. The third-order valence-corrected chi connectivity index (χ3v) is 3.36. The minimum atomic E-state index is -0.521. The van der Waals surface area contributed by atoms with Crippen LogP contribution in [0.5, 0.6) is 5.75 Å². The summed E-state index contributed by atoms with van der Waals surface area (Å²) < 4.78 is 32.2. The molecule has 0 radical (unpaired) electrons. The molecule has 0 spiro atoms. The highest BCUT2D eigenvalue weighted by molar-refractivity contribution is 9.10. The summed E-state index contributed by atoms with van der Waals surface area (Å²) >= 11 is 3.19. The standard InChI is InChI=1S/C15H12BrF2NO2/c1-2-21-14-8-10(18)4-6-13(14)19-15(20)11-7-9(17)3-5-12(11)16/h3-8H,2H2,1H3,(H,19,20). The van der Waals surface area contributed by atoms with Crippen LogP contribution in [-0.4, -0.2) is 12.5 Å². The second-order valence-corrected chi connectivity index (χ2v) is 5.01. The Morgan fingerprint density at radius 1 is 1.19 bits per heavy atom. The Hall–Kier alpha value is -1.95. The second kappa shape index (κ2) is 6.67. The molecule has 0 saturated carbocycles. The van der Waals surface area contributed by atoms with Gasteiger partial charge in [0.2, 0.25) is 0 Å². The van der Waals surface area contributed by atoms with Gasteiger partial charge < -0.3 is 10.1 Å². The van der Waals surface area contributed by atoms with E-state index in [9.17, 15) is 13.6 Å². The molecule has 0 aliphatic carbocycles. The molecule has 6 heteroatoms. The van der Waals surface area contributed by atoms with Crippen molar-refractivity contribution in [3.8, 4) is 5.75 Å². The van der Waals surface area contributed by atoms with Crippen LogP contribution in [0.2, 0.25) is 0 Å². The van der Waals surface area contributed by atoms with E-state index in [4.69, 9.17) is 4.74 Å². The molecule has 3 nitrogen and oxygen atoms in total. The molecular formula is C15H12BrF2NO2. The van der Waals surface area contributed by atoms with Crippen molar-refractivity contribution in [3.05, 3.63) is 58.1 Å². The van der Waals surface area contributed by atoms with Gasteiger partial charge in [0.15, 0.2) is 0 Å². The highest BCUT2D eigenvalue weighted by atomic mass is 79.9. The van der Waals surface area contributed by atoms with Crippen molar-refractivity contribution in [1.82, 2.24) is 0 Å². The quantitative estimate of drug-likeness (QED) is 0.883. The van der Waals surface area contributed by atoms with Gasteiger partial charge in [0.25, 0.3) is 5.91 Å². The summed E-state index contributed by atoms with van der Waals surface area (Å²) in [6.07, 6.45) is 0. The number of anilines is 1. The lowest BCUT2D eigenvalue weighted by molar-refractivity contribution is 0.102. The summed E-state index contributed by atoms with van der Waals surface area (Å²) in [6, 6.07) is 7.58.